The Labute approximate surface area is 106 Å². The molecule has 0 saturated heterocycles. The molecule has 1 heterocycles. The van der Waals surface area contributed by atoms with E-state index in [1.165, 1.54) is 0 Å². The molecule has 0 amide bonds. The van der Waals surface area contributed by atoms with E-state index in [1.807, 2.05) is 0 Å². The molecule has 1 aliphatic rings. The number of rotatable bonds is 2. The number of aliphatic carboxylic acids is 1. The molecule has 0 aromatic heterocycles. The minimum absolute atomic E-state index is 0. The van der Waals surface area contributed by atoms with Crippen molar-refractivity contribution >= 4 is 5.97 Å². The number of halogens is 5. The minimum atomic E-state index is -6.16. The molecule has 84 valence electrons. The van der Waals surface area contributed by atoms with Crippen LogP contribution in [-0.2, 0) is 4.79 Å². The van der Waals surface area contributed by atoms with Gasteiger partial charge in [-0.15, -0.1) is 10.2 Å². The van der Waals surface area contributed by atoms with Crippen LogP contribution in [0.1, 0.15) is 0 Å². The average Bonchev–Trinajstić information content (AvgIpc) is 2.50. The summed E-state index contributed by atoms with van der Waals surface area (Å²) in [4.78, 5) is 10.2. The van der Waals surface area contributed by atoms with Crippen molar-refractivity contribution in [2.45, 2.75) is 17.8 Å². The van der Waals surface area contributed by atoms with Gasteiger partial charge in [0, 0.05) is 0 Å². The van der Waals surface area contributed by atoms with Crippen LogP contribution < -0.4 is 34.7 Å². The van der Waals surface area contributed by atoms with Crippen LogP contribution in [0.4, 0.5) is 22.0 Å². The zero-order valence-corrected chi connectivity index (χ0v) is 9.50. The van der Waals surface area contributed by atoms with Crippen molar-refractivity contribution in [2.75, 3.05) is 0 Å². The van der Waals surface area contributed by atoms with E-state index in [0.29, 0.717) is 0 Å². The molecule has 0 radical (unpaired) electrons. The van der Waals surface area contributed by atoms with E-state index in [1.54, 1.807) is 0 Å². The second-order valence-electron chi connectivity index (χ2n) is 2.41. The van der Waals surface area contributed by atoms with Gasteiger partial charge in [-0.2, -0.15) is 22.0 Å². The largest absolute Gasteiger partial charge is 1.00 e. The second-order valence-corrected chi connectivity index (χ2v) is 2.41. The molecule has 6 nitrogen and oxygen atoms in total. The van der Waals surface area contributed by atoms with Crippen molar-refractivity contribution < 1.29 is 61.4 Å². The van der Waals surface area contributed by atoms with Crippen molar-refractivity contribution in [3.05, 3.63) is 0 Å². The van der Waals surface area contributed by atoms with Crippen molar-refractivity contribution in [3.8, 4) is 0 Å². The monoisotopic (exact) mass is 254 g/mol. The van der Waals surface area contributed by atoms with Crippen LogP contribution in [0.15, 0.2) is 20.7 Å². The van der Waals surface area contributed by atoms with Gasteiger partial charge in [-0.05, 0) is 10.4 Å². The number of carboxylic acid groups (broad SMARTS) is 1. The Balaban J connectivity index is 0.00000225. The molecule has 1 rings (SSSR count). The predicted molar refractivity (Wildman–Crippen MR) is 28.5 cm³/mol. The number of carboxylic acids is 1. The van der Waals surface area contributed by atoms with Crippen LogP contribution in [0.25, 0.3) is 0 Å². The quantitative estimate of drug-likeness (QED) is 0.401. The van der Waals surface area contributed by atoms with E-state index in [0.717, 1.165) is 0 Å². The number of hydrogen-bond acceptors (Lipinski definition) is 6. The summed E-state index contributed by atoms with van der Waals surface area (Å²) < 4.78 is 60.9. The Hall–Kier alpha value is -0.680. The summed E-state index contributed by atoms with van der Waals surface area (Å²) in [7, 11) is 0. The molecular formula is C4F5N4NaO2. The van der Waals surface area contributed by atoms with Crippen molar-refractivity contribution in [1.82, 2.24) is 0 Å². The van der Waals surface area contributed by atoms with Gasteiger partial charge < -0.3 is 9.90 Å². The Morgan fingerprint density at radius 2 is 1.44 bits per heavy atom. The molecule has 0 N–H and O–H groups in total. The van der Waals surface area contributed by atoms with E-state index < -0.39 is 23.7 Å². The molecule has 1 aliphatic heterocycles. The summed E-state index contributed by atoms with van der Waals surface area (Å²) in [6, 6.07) is 0. The summed E-state index contributed by atoms with van der Waals surface area (Å²) in [6.45, 7) is 0. The SMILES string of the molecule is O=C([O-])C1(C(F)(F)C(F)(F)F)N=NN=N1.[Na+]. The molecule has 0 fully saturated rings. The first-order chi connectivity index (χ1) is 6.65. The molecule has 0 atom stereocenters. The summed E-state index contributed by atoms with van der Waals surface area (Å²) in [6.07, 6.45) is -6.16. The van der Waals surface area contributed by atoms with Gasteiger partial charge in [0.25, 0.3) is 0 Å². The van der Waals surface area contributed by atoms with Crippen LogP contribution in [0.2, 0.25) is 0 Å². The molecule has 0 aliphatic carbocycles. The zero-order valence-electron chi connectivity index (χ0n) is 7.50. The second kappa shape index (κ2) is 4.30. The maximum Gasteiger partial charge on any atom is 1.00 e. The van der Waals surface area contributed by atoms with E-state index in [2.05, 4.69) is 20.7 Å². The van der Waals surface area contributed by atoms with Crippen LogP contribution in [0.3, 0.4) is 0 Å². The van der Waals surface area contributed by atoms with Gasteiger partial charge in [-0.3, -0.25) is 0 Å². The summed E-state index contributed by atoms with van der Waals surface area (Å²) in [5, 5.41) is 19.2. The standard InChI is InChI=1S/C4HF5N4O2.Na/c5-3(6,4(7,8)9)2(1(14)15)10-12-13-11-2;/h(H,14,15);/q;+1/p-1. The Bertz CT molecular complexity index is 341. The van der Waals surface area contributed by atoms with Gasteiger partial charge in [0.05, 0.1) is 0 Å². The normalized spacial score (nSPS) is 18.3. The van der Waals surface area contributed by atoms with Crippen molar-refractivity contribution in [3.63, 3.8) is 0 Å². The van der Waals surface area contributed by atoms with Gasteiger partial charge in [0.2, 0.25) is 0 Å². The number of carbonyl (C=O) groups is 1. The molecule has 0 aromatic rings. The number of nitrogens with zero attached hydrogens (tertiary/aromatic N) is 4. The number of hydrogen-bond donors (Lipinski definition) is 0. The molecule has 0 saturated carbocycles. The van der Waals surface area contributed by atoms with Gasteiger partial charge in [-0.1, -0.05) is 0 Å². The molecule has 16 heavy (non-hydrogen) atoms. The summed E-state index contributed by atoms with van der Waals surface area (Å²) >= 11 is 0. The third-order valence-electron chi connectivity index (χ3n) is 1.50. The molecular weight excluding hydrogens is 254 g/mol. The average molecular weight is 254 g/mol. The van der Waals surface area contributed by atoms with Crippen molar-refractivity contribution in [2.24, 2.45) is 20.7 Å². The van der Waals surface area contributed by atoms with Crippen LogP contribution in [-0.4, -0.2) is 23.7 Å². The van der Waals surface area contributed by atoms with Gasteiger partial charge in [0.15, 0.2) is 0 Å². The summed E-state index contributed by atoms with van der Waals surface area (Å²) in [5.41, 5.74) is -4.16. The first kappa shape index (κ1) is 15.3. The van der Waals surface area contributed by atoms with E-state index >= 15 is 0 Å². The predicted octanol–water partition coefficient (Wildman–Crippen LogP) is -2.53. The maximum absolute atomic E-state index is 12.7. The van der Waals surface area contributed by atoms with Crippen LogP contribution in [0.5, 0.6) is 0 Å². The first-order valence-corrected chi connectivity index (χ1v) is 3.15. The fourth-order valence-corrected chi connectivity index (χ4v) is 0.723. The molecule has 0 aromatic carbocycles. The fourth-order valence-electron chi connectivity index (χ4n) is 0.723. The third kappa shape index (κ3) is 1.94. The van der Waals surface area contributed by atoms with Crippen molar-refractivity contribution in [1.29, 1.82) is 0 Å². The molecule has 0 spiro atoms. The van der Waals surface area contributed by atoms with E-state index in [9.17, 15) is 31.9 Å². The van der Waals surface area contributed by atoms with Gasteiger partial charge >= 0.3 is 47.3 Å². The smallest absolute Gasteiger partial charge is 0.545 e. The third-order valence-corrected chi connectivity index (χ3v) is 1.50. The summed E-state index contributed by atoms with van der Waals surface area (Å²) in [5.74, 6) is -8.59. The first-order valence-electron chi connectivity index (χ1n) is 3.15. The topological polar surface area (TPSA) is 89.6 Å². The van der Waals surface area contributed by atoms with Gasteiger partial charge in [-0.25, -0.2) is 0 Å². The van der Waals surface area contributed by atoms with Gasteiger partial charge in [0.1, 0.15) is 5.97 Å². The Morgan fingerprint density at radius 3 is 1.69 bits per heavy atom. The Kier molecular flexibility index (Phi) is 4.11. The maximum atomic E-state index is 12.7. The molecule has 0 bridgehead atoms. The zero-order chi connectivity index (χ0) is 11.9. The molecule has 12 heteroatoms. The Morgan fingerprint density at radius 1 is 1.06 bits per heavy atom. The minimum Gasteiger partial charge on any atom is -0.545 e. The van der Waals surface area contributed by atoms with E-state index in [4.69, 9.17) is 0 Å². The van der Waals surface area contributed by atoms with Crippen LogP contribution in [0, 0.1) is 0 Å². The van der Waals surface area contributed by atoms with Crippen LogP contribution >= 0.6 is 0 Å². The number of carbonyl (C=O) groups excluding carboxylic acids is 1. The van der Waals surface area contributed by atoms with E-state index in [-0.39, 0.29) is 29.6 Å². The number of alkyl halides is 5. The fraction of sp³-hybridized carbons (Fsp3) is 0.750. The molecule has 0 unspecified atom stereocenters.